The normalized spacial score (nSPS) is 10.6. The van der Waals surface area contributed by atoms with Gasteiger partial charge in [0.1, 0.15) is 10.7 Å². The van der Waals surface area contributed by atoms with E-state index in [1.165, 1.54) is 12.5 Å². The van der Waals surface area contributed by atoms with Crippen LogP contribution in [0.2, 0.25) is 0 Å². The lowest BCUT2D eigenvalue weighted by Crippen LogP contribution is -1.89. The number of furan rings is 1. The lowest BCUT2D eigenvalue weighted by molar-refractivity contribution is 0.493. The van der Waals surface area contributed by atoms with Gasteiger partial charge in [0.05, 0.1) is 6.26 Å². The first kappa shape index (κ1) is 6.67. The molecular weight excluding hydrogens is 212 g/mol. The maximum Gasteiger partial charge on any atom is 0.351 e. The molecule has 2 heterocycles. The topological polar surface area (TPSA) is 43.4 Å². The van der Waals surface area contributed by atoms with Crippen LogP contribution in [0.4, 0.5) is 0 Å². The molecule has 0 fully saturated rings. The van der Waals surface area contributed by atoms with Gasteiger partial charge in [0.25, 0.3) is 0 Å². The predicted octanol–water partition coefficient (Wildman–Crippen LogP) is 2.10. The highest BCUT2D eigenvalue weighted by Gasteiger charge is 2.14. The van der Waals surface area contributed by atoms with Crippen LogP contribution >= 0.6 is 15.9 Å². The van der Waals surface area contributed by atoms with Crippen molar-refractivity contribution in [2.45, 2.75) is 0 Å². The van der Waals surface area contributed by atoms with Crippen molar-refractivity contribution in [2.24, 2.45) is 0 Å². The van der Waals surface area contributed by atoms with E-state index in [1.807, 2.05) is 0 Å². The predicted molar refractivity (Wildman–Crippen MR) is 41.6 cm³/mol. The van der Waals surface area contributed by atoms with Gasteiger partial charge in [0.15, 0.2) is 5.76 Å². The molecule has 4 heteroatoms. The molecule has 0 saturated carbocycles. The standard InChI is InChI=1S/C7H3BrO3/c8-6-4-1-2-10-3-5(4)11-7(6)9/h1-3H. The zero-order valence-electron chi connectivity index (χ0n) is 5.33. The van der Waals surface area contributed by atoms with Gasteiger partial charge in [-0.25, -0.2) is 4.79 Å². The third-order valence-electron chi connectivity index (χ3n) is 1.37. The molecular formula is C7H3BrO3. The SMILES string of the molecule is O=c1oc2coccc-2c1Br. The van der Waals surface area contributed by atoms with E-state index in [0.717, 1.165) is 5.56 Å². The van der Waals surface area contributed by atoms with Gasteiger partial charge in [-0.3, -0.25) is 0 Å². The van der Waals surface area contributed by atoms with Crippen LogP contribution in [0.3, 0.4) is 0 Å². The fourth-order valence-electron chi connectivity index (χ4n) is 0.869. The molecule has 0 bridgehead atoms. The summed E-state index contributed by atoms with van der Waals surface area (Å²) < 4.78 is 10.1. The van der Waals surface area contributed by atoms with E-state index in [2.05, 4.69) is 15.9 Å². The Morgan fingerprint density at radius 1 is 1.45 bits per heavy atom. The summed E-state index contributed by atoms with van der Waals surface area (Å²) in [5, 5.41) is 0. The van der Waals surface area contributed by atoms with E-state index < -0.39 is 0 Å². The molecule has 0 aromatic rings. The van der Waals surface area contributed by atoms with Crippen molar-refractivity contribution in [1.29, 1.82) is 0 Å². The number of hydrogen-bond donors (Lipinski definition) is 0. The molecule has 0 aromatic heterocycles. The van der Waals surface area contributed by atoms with E-state index >= 15 is 0 Å². The van der Waals surface area contributed by atoms with E-state index in [4.69, 9.17) is 8.83 Å². The Bertz CT molecular complexity index is 401. The second-order valence-electron chi connectivity index (χ2n) is 2.04. The number of halogens is 1. The van der Waals surface area contributed by atoms with Gasteiger partial charge in [-0.1, -0.05) is 0 Å². The smallest absolute Gasteiger partial charge is 0.351 e. The largest absolute Gasteiger partial charge is 0.469 e. The Hall–Kier alpha value is -1.03. The first-order valence-electron chi connectivity index (χ1n) is 2.93. The van der Waals surface area contributed by atoms with Crippen LogP contribution < -0.4 is 5.63 Å². The zero-order valence-corrected chi connectivity index (χ0v) is 6.92. The summed E-state index contributed by atoms with van der Waals surface area (Å²) in [7, 11) is 0. The third-order valence-corrected chi connectivity index (χ3v) is 2.12. The van der Waals surface area contributed by atoms with Crippen LogP contribution in [0.1, 0.15) is 0 Å². The molecule has 0 aliphatic carbocycles. The Labute approximate surface area is 70.1 Å². The van der Waals surface area contributed by atoms with Crippen molar-refractivity contribution < 1.29 is 8.83 Å². The Kier molecular flexibility index (Phi) is 1.35. The Balaban J connectivity index is 2.91. The molecule has 0 saturated heterocycles. The maximum atomic E-state index is 10.9. The van der Waals surface area contributed by atoms with E-state index in [0.29, 0.717) is 10.2 Å². The van der Waals surface area contributed by atoms with Crippen molar-refractivity contribution in [3.05, 3.63) is 33.5 Å². The molecule has 0 radical (unpaired) electrons. The fourth-order valence-corrected chi connectivity index (χ4v) is 1.28. The molecule has 0 spiro atoms. The minimum Gasteiger partial charge on any atom is -0.469 e. The van der Waals surface area contributed by atoms with Gasteiger partial charge in [-0.2, -0.15) is 0 Å². The summed E-state index contributed by atoms with van der Waals surface area (Å²) in [5.41, 5.74) is 0.364. The quantitative estimate of drug-likeness (QED) is 0.675. The highest BCUT2D eigenvalue weighted by atomic mass is 79.9. The molecule has 0 atom stereocenters. The monoisotopic (exact) mass is 214 g/mol. The first-order chi connectivity index (χ1) is 5.29. The minimum absolute atomic E-state index is 0.374. The van der Waals surface area contributed by atoms with Gasteiger partial charge in [-0.05, 0) is 22.0 Å². The molecule has 2 aliphatic heterocycles. The number of fused-ring (bicyclic) bond motifs is 1. The van der Waals surface area contributed by atoms with Crippen molar-refractivity contribution >= 4 is 15.9 Å². The van der Waals surface area contributed by atoms with Gasteiger partial charge in [0, 0.05) is 5.56 Å². The van der Waals surface area contributed by atoms with Gasteiger partial charge < -0.3 is 8.83 Å². The van der Waals surface area contributed by atoms with Crippen LogP contribution in [0, 0.1) is 0 Å². The van der Waals surface area contributed by atoms with Crippen molar-refractivity contribution in [2.75, 3.05) is 0 Å². The molecule has 2 aliphatic rings. The third kappa shape index (κ3) is 0.903. The van der Waals surface area contributed by atoms with Crippen LogP contribution in [0.15, 0.2) is 36.7 Å². The summed E-state index contributed by atoms with van der Waals surface area (Å²) in [4.78, 5) is 10.9. The maximum absolute atomic E-state index is 10.9. The summed E-state index contributed by atoms with van der Waals surface area (Å²) in [6.07, 6.45) is 2.88. The van der Waals surface area contributed by atoms with Crippen molar-refractivity contribution in [3.8, 4) is 11.3 Å². The zero-order chi connectivity index (χ0) is 7.84. The summed E-state index contributed by atoms with van der Waals surface area (Å²) in [6.45, 7) is 0. The molecule has 0 aromatic carbocycles. The molecule has 0 unspecified atom stereocenters. The van der Waals surface area contributed by atoms with Crippen LogP contribution in [0.5, 0.6) is 0 Å². The number of rotatable bonds is 0. The highest BCUT2D eigenvalue weighted by Crippen LogP contribution is 2.27. The Morgan fingerprint density at radius 3 is 3.00 bits per heavy atom. The minimum atomic E-state index is -0.374. The van der Waals surface area contributed by atoms with Crippen LogP contribution in [-0.4, -0.2) is 0 Å². The fraction of sp³-hybridized carbons (Fsp3) is 0. The molecule has 0 amide bonds. The molecule has 2 rings (SSSR count). The van der Waals surface area contributed by atoms with E-state index in [1.54, 1.807) is 6.07 Å². The average molecular weight is 215 g/mol. The lowest BCUT2D eigenvalue weighted by Gasteiger charge is -1.90. The van der Waals surface area contributed by atoms with Gasteiger partial charge in [0.2, 0.25) is 0 Å². The second kappa shape index (κ2) is 2.23. The van der Waals surface area contributed by atoms with Gasteiger partial charge >= 0.3 is 5.63 Å². The second-order valence-corrected chi connectivity index (χ2v) is 2.83. The van der Waals surface area contributed by atoms with E-state index in [9.17, 15) is 4.79 Å². The molecule has 56 valence electrons. The van der Waals surface area contributed by atoms with Crippen molar-refractivity contribution in [1.82, 2.24) is 0 Å². The molecule has 0 N–H and O–H groups in total. The van der Waals surface area contributed by atoms with Crippen molar-refractivity contribution in [3.63, 3.8) is 0 Å². The van der Waals surface area contributed by atoms with Gasteiger partial charge in [-0.15, -0.1) is 0 Å². The van der Waals surface area contributed by atoms with Crippen LogP contribution in [0.25, 0.3) is 11.3 Å². The highest BCUT2D eigenvalue weighted by molar-refractivity contribution is 9.10. The number of hydrogen-bond acceptors (Lipinski definition) is 3. The molecule has 11 heavy (non-hydrogen) atoms. The Morgan fingerprint density at radius 2 is 2.27 bits per heavy atom. The first-order valence-corrected chi connectivity index (χ1v) is 3.73. The van der Waals surface area contributed by atoms with Crippen LogP contribution in [-0.2, 0) is 0 Å². The molecule has 3 nitrogen and oxygen atoms in total. The van der Waals surface area contributed by atoms with E-state index in [-0.39, 0.29) is 5.63 Å². The summed E-state index contributed by atoms with van der Waals surface area (Å²) in [6, 6.07) is 1.67. The average Bonchev–Trinajstić information content (AvgIpc) is 2.30. The summed E-state index contributed by atoms with van der Waals surface area (Å²) >= 11 is 3.10. The summed E-state index contributed by atoms with van der Waals surface area (Å²) in [5.74, 6) is 0.462. The lowest BCUT2D eigenvalue weighted by atomic mass is 10.2.